The maximum absolute atomic E-state index is 11.9. The average molecular weight is 328 g/mol. The topological polar surface area (TPSA) is 75.4 Å². The van der Waals surface area contributed by atoms with Gasteiger partial charge in [-0.15, -0.1) is 0 Å². The molecule has 0 bridgehead atoms. The molecule has 6 heteroatoms. The fourth-order valence-electron chi connectivity index (χ4n) is 2.10. The van der Waals surface area contributed by atoms with Crippen LogP contribution in [0.2, 0.25) is 0 Å². The number of para-hydroxylation sites is 2. The number of rotatable bonds is 5. The molecular weight excluding hydrogens is 312 g/mol. The lowest BCUT2D eigenvalue weighted by atomic mass is 9.99. The number of aliphatic hydroxyl groups is 1. The Balaban J connectivity index is 1.60. The van der Waals surface area contributed by atoms with E-state index in [4.69, 9.17) is 4.42 Å². The van der Waals surface area contributed by atoms with Gasteiger partial charge < -0.3 is 14.8 Å². The third kappa shape index (κ3) is 3.67. The maximum Gasteiger partial charge on any atom is 0.244 e. The summed E-state index contributed by atoms with van der Waals surface area (Å²) in [6.45, 7) is 1.79. The van der Waals surface area contributed by atoms with E-state index in [1.165, 1.54) is 23.5 Å². The van der Waals surface area contributed by atoms with Gasteiger partial charge in [0, 0.05) is 12.2 Å². The van der Waals surface area contributed by atoms with Crippen molar-refractivity contribution in [3.05, 3.63) is 58.6 Å². The normalized spacial score (nSPS) is 14.2. The van der Waals surface area contributed by atoms with E-state index in [2.05, 4.69) is 10.3 Å². The molecule has 0 radical (unpaired) electrons. The number of nitrogens with zero attached hydrogens (tertiary/aromatic N) is 1. The summed E-state index contributed by atoms with van der Waals surface area (Å²) in [5.41, 5.74) is 1.10. The number of carbonyl (C=O) groups is 1. The summed E-state index contributed by atoms with van der Waals surface area (Å²) in [7, 11) is 0. The molecule has 3 aromatic rings. The summed E-state index contributed by atoms with van der Waals surface area (Å²) in [6, 6.07) is 9.23. The molecule has 118 valence electrons. The Bertz CT molecular complexity index is 802. The van der Waals surface area contributed by atoms with Crippen LogP contribution in [-0.4, -0.2) is 22.5 Å². The van der Waals surface area contributed by atoms with Gasteiger partial charge in [0.25, 0.3) is 0 Å². The zero-order valence-electron chi connectivity index (χ0n) is 12.5. The van der Waals surface area contributed by atoms with Gasteiger partial charge in [-0.3, -0.25) is 4.79 Å². The number of carbonyl (C=O) groups excluding carboxylic acids is 1. The van der Waals surface area contributed by atoms with Gasteiger partial charge >= 0.3 is 0 Å². The number of thiophene rings is 1. The average Bonchev–Trinajstić information content (AvgIpc) is 3.20. The number of hydrogen-bond donors (Lipinski definition) is 2. The largest absolute Gasteiger partial charge is 0.437 e. The molecule has 2 N–H and O–H groups in total. The van der Waals surface area contributed by atoms with E-state index in [1.807, 2.05) is 41.1 Å². The molecule has 0 spiro atoms. The summed E-state index contributed by atoms with van der Waals surface area (Å²) in [5, 5.41) is 16.8. The zero-order valence-corrected chi connectivity index (χ0v) is 13.3. The predicted molar refractivity (Wildman–Crippen MR) is 89.9 cm³/mol. The van der Waals surface area contributed by atoms with E-state index in [1.54, 1.807) is 6.92 Å². The highest BCUT2D eigenvalue weighted by molar-refractivity contribution is 7.08. The van der Waals surface area contributed by atoms with Gasteiger partial charge in [-0.05, 0) is 41.4 Å². The highest BCUT2D eigenvalue weighted by Gasteiger charge is 2.23. The molecule has 0 aliphatic rings. The molecule has 1 aromatic carbocycles. The van der Waals surface area contributed by atoms with Crippen molar-refractivity contribution in [2.45, 2.75) is 12.5 Å². The number of aromatic nitrogens is 1. The first-order chi connectivity index (χ1) is 11.0. The molecule has 0 saturated carbocycles. The van der Waals surface area contributed by atoms with Crippen molar-refractivity contribution in [1.82, 2.24) is 10.3 Å². The Morgan fingerprint density at radius 2 is 2.26 bits per heavy atom. The van der Waals surface area contributed by atoms with Gasteiger partial charge in [0.2, 0.25) is 11.8 Å². The molecule has 5 nitrogen and oxygen atoms in total. The van der Waals surface area contributed by atoms with Crippen molar-refractivity contribution in [1.29, 1.82) is 0 Å². The van der Waals surface area contributed by atoms with Crippen LogP contribution in [-0.2, 0) is 10.4 Å². The molecule has 0 unspecified atom stereocenters. The summed E-state index contributed by atoms with van der Waals surface area (Å²) in [6.07, 6.45) is 2.85. The Kier molecular flexibility index (Phi) is 4.27. The molecule has 0 aliphatic heterocycles. The molecule has 0 fully saturated rings. The van der Waals surface area contributed by atoms with E-state index < -0.39 is 5.60 Å². The van der Waals surface area contributed by atoms with E-state index in [-0.39, 0.29) is 12.5 Å². The Morgan fingerprint density at radius 3 is 3.00 bits per heavy atom. The summed E-state index contributed by atoms with van der Waals surface area (Å²) in [4.78, 5) is 16.1. The van der Waals surface area contributed by atoms with Crippen LogP contribution in [0.15, 0.2) is 51.6 Å². The molecule has 3 rings (SSSR count). The number of hydrogen-bond acceptors (Lipinski definition) is 5. The lowest BCUT2D eigenvalue weighted by Crippen LogP contribution is -2.37. The summed E-state index contributed by atoms with van der Waals surface area (Å²) in [5.74, 6) is 0.0497. The highest BCUT2D eigenvalue weighted by atomic mass is 32.1. The van der Waals surface area contributed by atoms with Crippen LogP contribution in [0.25, 0.3) is 17.2 Å². The smallest absolute Gasteiger partial charge is 0.244 e. The van der Waals surface area contributed by atoms with Crippen LogP contribution in [0.1, 0.15) is 18.4 Å². The van der Waals surface area contributed by atoms with Crippen LogP contribution in [0.3, 0.4) is 0 Å². The first-order valence-electron chi connectivity index (χ1n) is 7.11. The third-order valence-electron chi connectivity index (χ3n) is 3.44. The first kappa shape index (κ1) is 15.5. The molecule has 2 aromatic heterocycles. The van der Waals surface area contributed by atoms with Gasteiger partial charge in [0.15, 0.2) is 5.58 Å². The van der Waals surface area contributed by atoms with Crippen LogP contribution >= 0.6 is 11.3 Å². The second-order valence-corrected chi connectivity index (χ2v) is 6.14. The quantitative estimate of drug-likeness (QED) is 0.706. The SMILES string of the molecule is C[C@](O)(CNC(=O)/C=C\c1nc2ccccc2o1)c1ccsc1. The zero-order chi connectivity index (χ0) is 16.3. The number of fused-ring (bicyclic) bond motifs is 1. The minimum atomic E-state index is -1.10. The number of nitrogens with one attached hydrogen (secondary N) is 1. The highest BCUT2D eigenvalue weighted by Crippen LogP contribution is 2.22. The Morgan fingerprint density at radius 1 is 1.43 bits per heavy atom. The van der Waals surface area contributed by atoms with E-state index >= 15 is 0 Å². The van der Waals surface area contributed by atoms with Gasteiger partial charge in [-0.2, -0.15) is 11.3 Å². The molecular formula is C17H16N2O3S. The van der Waals surface area contributed by atoms with Crippen LogP contribution in [0.4, 0.5) is 0 Å². The fourth-order valence-corrected chi connectivity index (χ4v) is 2.88. The van der Waals surface area contributed by atoms with Crippen LogP contribution in [0.5, 0.6) is 0 Å². The molecule has 2 heterocycles. The molecule has 1 amide bonds. The van der Waals surface area contributed by atoms with Crippen molar-refractivity contribution in [3.8, 4) is 0 Å². The standard InChI is InChI=1S/C17H16N2O3S/c1-17(21,12-8-9-23-10-12)11-18-15(20)6-7-16-19-13-4-2-3-5-14(13)22-16/h2-10,21H,11H2,1H3,(H,18,20)/b7-6-/t17-/m0/s1. The second kappa shape index (κ2) is 6.36. The number of benzene rings is 1. The monoisotopic (exact) mass is 328 g/mol. The summed E-state index contributed by atoms with van der Waals surface area (Å²) >= 11 is 1.50. The minimum absolute atomic E-state index is 0.125. The minimum Gasteiger partial charge on any atom is -0.437 e. The number of oxazole rings is 1. The van der Waals surface area contributed by atoms with Gasteiger partial charge in [-0.1, -0.05) is 12.1 Å². The van der Waals surface area contributed by atoms with Crippen molar-refractivity contribution in [2.24, 2.45) is 0 Å². The maximum atomic E-state index is 11.9. The van der Waals surface area contributed by atoms with Crippen molar-refractivity contribution >= 4 is 34.4 Å². The molecule has 23 heavy (non-hydrogen) atoms. The van der Waals surface area contributed by atoms with Crippen molar-refractivity contribution in [3.63, 3.8) is 0 Å². The van der Waals surface area contributed by atoms with Crippen molar-refractivity contribution in [2.75, 3.05) is 6.54 Å². The molecule has 1 atom stereocenters. The lowest BCUT2D eigenvalue weighted by molar-refractivity contribution is -0.117. The van der Waals surface area contributed by atoms with Crippen LogP contribution < -0.4 is 5.32 Å². The predicted octanol–water partition coefficient (Wildman–Crippen LogP) is 2.93. The van der Waals surface area contributed by atoms with E-state index in [0.29, 0.717) is 11.5 Å². The second-order valence-electron chi connectivity index (χ2n) is 5.36. The number of amides is 1. The fraction of sp³-hybridized carbons (Fsp3) is 0.176. The third-order valence-corrected chi connectivity index (χ3v) is 4.12. The van der Waals surface area contributed by atoms with Gasteiger partial charge in [0.1, 0.15) is 11.1 Å². The lowest BCUT2D eigenvalue weighted by Gasteiger charge is -2.22. The Hall–Kier alpha value is -2.44. The van der Waals surface area contributed by atoms with Crippen LogP contribution in [0, 0.1) is 0 Å². The summed E-state index contributed by atoms with van der Waals surface area (Å²) < 4.78 is 5.50. The first-order valence-corrected chi connectivity index (χ1v) is 8.05. The Labute approximate surface area is 137 Å². The van der Waals surface area contributed by atoms with Crippen molar-refractivity contribution < 1.29 is 14.3 Å². The van der Waals surface area contributed by atoms with E-state index in [9.17, 15) is 9.90 Å². The molecule has 0 aliphatic carbocycles. The molecule has 0 saturated heterocycles. The van der Waals surface area contributed by atoms with Gasteiger partial charge in [-0.25, -0.2) is 4.98 Å². The van der Waals surface area contributed by atoms with Gasteiger partial charge in [0.05, 0.1) is 6.54 Å². The van der Waals surface area contributed by atoms with E-state index in [0.717, 1.165) is 11.1 Å².